The van der Waals surface area contributed by atoms with Crippen LogP contribution in [0, 0.1) is 18.7 Å². The van der Waals surface area contributed by atoms with Crippen molar-refractivity contribution >= 4 is 0 Å². The Morgan fingerprint density at radius 2 is 1.87 bits per heavy atom. The molecule has 1 saturated heterocycles. The first-order valence-corrected chi connectivity index (χ1v) is 8.75. The van der Waals surface area contributed by atoms with Gasteiger partial charge in [-0.3, -0.25) is 0 Å². The third-order valence-electron chi connectivity index (χ3n) is 5.83. The van der Waals surface area contributed by atoms with Gasteiger partial charge in [0, 0.05) is 18.4 Å². The number of halogens is 1. The van der Waals surface area contributed by atoms with Crippen LogP contribution in [-0.4, -0.2) is 24.5 Å². The highest BCUT2D eigenvalue weighted by atomic mass is 19.1. The summed E-state index contributed by atoms with van der Waals surface area (Å²) in [5, 5.41) is 0. The number of piperidine rings is 1. The van der Waals surface area contributed by atoms with E-state index in [0.717, 1.165) is 13.1 Å². The predicted molar refractivity (Wildman–Crippen MR) is 92.4 cm³/mol. The molecule has 0 unspecified atom stereocenters. The van der Waals surface area contributed by atoms with Crippen LogP contribution in [0.3, 0.4) is 0 Å². The second kappa shape index (κ2) is 5.76. The molecule has 0 amide bonds. The highest BCUT2D eigenvalue weighted by Crippen LogP contribution is 2.53. The quantitative estimate of drug-likeness (QED) is 0.777. The molecule has 1 nitrogen and oxygen atoms in total. The van der Waals surface area contributed by atoms with E-state index in [9.17, 15) is 4.39 Å². The molecule has 0 bridgehead atoms. The number of likely N-dealkylation sites (tertiary alicyclic amines) is 1. The summed E-state index contributed by atoms with van der Waals surface area (Å²) in [4.78, 5) is 2.57. The summed E-state index contributed by atoms with van der Waals surface area (Å²) in [6.07, 6.45) is 1.23. The van der Waals surface area contributed by atoms with E-state index in [1.165, 1.54) is 35.2 Å². The van der Waals surface area contributed by atoms with Crippen molar-refractivity contribution in [2.24, 2.45) is 5.92 Å². The first kappa shape index (κ1) is 14.9. The van der Waals surface area contributed by atoms with Gasteiger partial charge in [0.15, 0.2) is 0 Å². The normalized spacial score (nSPS) is 26.8. The van der Waals surface area contributed by atoms with Gasteiger partial charge in [0.1, 0.15) is 5.82 Å². The molecule has 1 heterocycles. The van der Waals surface area contributed by atoms with Crippen LogP contribution in [0.5, 0.6) is 0 Å². The number of hydrogen-bond donors (Lipinski definition) is 0. The molecule has 23 heavy (non-hydrogen) atoms. The van der Waals surface area contributed by atoms with Crippen molar-refractivity contribution in [3.8, 4) is 0 Å². The molecule has 120 valence electrons. The fourth-order valence-electron chi connectivity index (χ4n) is 4.68. The Kier molecular flexibility index (Phi) is 3.73. The van der Waals surface area contributed by atoms with Gasteiger partial charge in [-0.25, -0.2) is 4.39 Å². The van der Waals surface area contributed by atoms with Gasteiger partial charge >= 0.3 is 0 Å². The fraction of sp³-hybridized carbons (Fsp3) is 0.429. The third kappa shape index (κ3) is 2.49. The molecule has 0 aromatic heterocycles. The zero-order valence-corrected chi connectivity index (χ0v) is 13.9. The topological polar surface area (TPSA) is 3.24 Å². The summed E-state index contributed by atoms with van der Waals surface area (Å²) in [6, 6.07) is 14.1. The molecular weight excluding hydrogens is 285 g/mol. The van der Waals surface area contributed by atoms with Crippen LogP contribution in [-0.2, 0) is 0 Å². The average Bonchev–Trinajstić information content (AvgIpc) is 2.88. The summed E-state index contributed by atoms with van der Waals surface area (Å²) in [7, 11) is 0. The zero-order chi connectivity index (χ0) is 16.0. The number of hydrogen-bond acceptors (Lipinski definition) is 1. The minimum atomic E-state index is -0.145. The van der Waals surface area contributed by atoms with E-state index in [1.54, 1.807) is 12.1 Å². The number of nitrogens with zero attached hydrogens (tertiary/aromatic N) is 1. The Hall–Kier alpha value is -1.67. The SMILES string of the molecule is CCN1CC[C@H]2[C@@H](c3ccc(F)cc3)c3cc(C)ccc3[C@H]2C1. The van der Waals surface area contributed by atoms with Gasteiger partial charge in [-0.2, -0.15) is 0 Å². The standard InChI is InChI=1S/C21H24FN/c1-3-23-11-10-18-20(13-23)17-9-4-14(2)12-19(17)21(18)15-5-7-16(22)8-6-15/h4-9,12,18,20-21H,3,10-11,13H2,1-2H3/t18-,20-,21-/m1/s1. The lowest BCUT2D eigenvalue weighted by Gasteiger charge is -2.37. The molecule has 3 atom stereocenters. The van der Waals surface area contributed by atoms with E-state index in [1.807, 2.05) is 12.1 Å². The lowest BCUT2D eigenvalue weighted by atomic mass is 9.78. The highest BCUT2D eigenvalue weighted by Gasteiger charge is 2.43. The number of benzene rings is 2. The molecule has 0 saturated carbocycles. The van der Waals surface area contributed by atoms with Crippen LogP contribution in [0.2, 0.25) is 0 Å². The molecule has 0 N–H and O–H groups in total. The van der Waals surface area contributed by atoms with Crippen LogP contribution >= 0.6 is 0 Å². The molecule has 2 heteroatoms. The van der Waals surface area contributed by atoms with E-state index in [4.69, 9.17) is 0 Å². The van der Waals surface area contributed by atoms with Crippen LogP contribution in [0.15, 0.2) is 42.5 Å². The van der Waals surface area contributed by atoms with Gasteiger partial charge in [-0.1, -0.05) is 42.8 Å². The van der Waals surface area contributed by atoms with E-state index in [-0.39, 0.29) is 5.82 Å². The molecule has 2 aromatic rings. The maximum atomic E-state index is 13.4. The predicted octanol–water partition coefficient (Wildman–Crippen LogP) is 4.71. The van der Waals surface area contributed by atoms with Crippen molar-refractivity contribution in [1.29, 1.82) is 0 Å². The lowest BCUT2D eigenvalue weighted by Crippen LogP contribution is -2.38. The Labute approximate surface area is 138 Å². The number of rotatable bonds is 2. The number of aryl methyl sites for hydroxylation is 1. The number of fused-ring (bicyclic) bond motifs is 3. The van der Waals surface area contributed by atoms with Crippen molar-refractivity contribution in [1.82, 2.24) is 4.90 Å². The zero-order valence-electron chi connectivity index (χ0n) is 13.9. The summed E-state index contributed by atoms with van der Waals surface area (Å²) < 4.78 is 13.4. The Balaban J connectivity index is 1.80. The van der Waals surface area contributed by atoms with Gasteiger partial charge in [0.2, 0.25) is 0 Å². The van der Waals surface area contributed by atoms with Crippen molar-refractivity contribution in [2.75, 3.05) is 19.6 Å². The van der Waals surface area contributed by atoms with Crippen molar-refractivity contribution in [2.45, 2.75) is 32.1 Å². The largest absolute Gasteiger partial charge is 0.303 e. The Bertz CT molecular complexity index is 706. The fourth-order valence-corrected chi connectivity index (χ4v) is 4.68. The third-order valence-corrected chi connectivity index (χ3v) is 5.83. The van der Waals surface area contributed by atoms with E-state index >= 15 is 0 Å². The van der Waals surface area contributed by atoms with Gasteiger partial charge in [-0.15, -0.1) is 0 Å². The van der Waals surface area contributed by atoms with Gasteiger partial charge in [0.05, 0.1) is 0 Å². The molecule has 1 fully saturated rings. The summed E-state index contributed by atoms with van der Waals surface area (Å²) in [5.41, 5.74) is 5.59. The molecule has 0 spiro atoms. The first-order valence-electron chi connectivity index (χ1n) is 8.75. The molecule has 0 radical (unpaired) electrons. The van der Waals surface area contributed by atoms with Crippen LogP contribution in [0.4, 0.5) is 4.39 Å². The minimum Gasteiger partial charge on any atom is -0.303 e. The average molecular weight is 309 g/mol. The maximum absolute atomic E-state index is 13.4. The Morgan fingerprint density at radius 3 is 2.61 bits per heavy atom. The Morgan fingerprint density at radius 1 is 1.09 bits per heavy atom. The first-order chi connectivity index (χ1) is 11.2. The molecular formula is C21H24FN. The van der Waals surface area contributed by atoms with Gasteiger partial charge < -0.3 is 4.90 Å². The van der Waals surface area contributed by atoms with Crippen molar-refractivity contribution in [3.05, 3.63) is 70.5 Å². The van der Waals surface area contributed by atoms with Crippen LogP contribution in [0.1, 0.15) is 47.4 Å². The van der Waals surface area contributed by atoms with Gasteiger partial charge in [0.25, 0.3) is 0 Å². The van der Waals surface area contributed by atoms with E-state index < -0.39 is 0 Å². The summed E-state index contributed by atoms with van der Waals surface area (Å²) in [5.74, 6) is 1.55. The maximum Gasteiger partial charge on any atom is 0.123 e. The summed E-state index contributed by atoms with van der Waals surface area (Å²) >= 11 is 0. The van der Waals surface area contributed by atoms with Crippen LogP contribution in [0.25, 0.3) is 0 Å². The van der Waals surface area contributed by atoms with Crippen molar-refractivity contribution in [3.63, 3.8) is 0 Å². The minimum absolute atomic E-state index is 0.145. The van der Waals surface area contributed by atoms with Crippen molar-refractivity contribution < 1.29 is 4.39 Å². The smallest absolute Gasteiger partial charge is 0.123 e. The number of likely N-dealkylation sites (N-methyl/N-ethyl adjacent to an activating group) is 1. The lowest BCUT2D eigenvalue weighted by molar-refractivity contribution is 0.167. The second-order valence-corrected chi connectivity index (χ2v) is 7.11. The monoisotopic (exact) mass is 309 g/mol. The summed E-state index contributed by atoms with van der Waals surface area (Å²) in [6.45, 7) is 7.90. The molecule has 2 aliphatic rings. The van der Waals surface area contributed by atoms with Gasteiger partial charge in [-0.05, 0) is 61.2 Å². The second-order valence-electron chi connectivity index (χ2n) is 7.11. The molecule has 1 aliphatic carbocycles. The molecule has 4 rings (SSSR count). The van der Waals surface area contributed by atoms with E-state index in [0.29, 0.717) is 17.8 Å². The highest BCUT2D eigenvalue weighted by molar-refractivity contribution is 5.48. The molecule has 1 aliphatic heterocycles. The van der Waals surface area contributed by atoms with Crippen LogP contribution < -0.4 is 0 Å². The molecule has 2 aromatic carbocycles. The van der Waals surface area contributed by atoms with E-state index in [2.05, 4.69) is 36.9 Å².